The zero-order valence-corrected chi connectivity index (χ0v) is 21.2. The van der Waals surface area contributed by atoms with E-state index in [0.29, 0.717) is 18.4 Å². The van der Waals surface area contributed by atoms with Crippen molar-refractivity contribution in [2.75, 3.05) is 6.61 Å². The van der Waals surface area contributed by atoms with Gasteiger partial charge in [-0.05, 0) is 74.2 Å². The maximum atomic E-state index is 13.4. The molecule has 0 saturated heterocycles. The number of carbonyl (C=O) groups excluding carboxylic acids is 2. The molecule has 0 heterocycles. The van der Waals surface area contributed by atoms with E-state index < -0.39 is 39.9 Å². The van der Waals surface area contributed by atoms with E-state index in [1.807, 2.05) is 6.92 Å². The molecule has 9 nitrogen and oxygen atoms in total. The molecule has 37 heavy (non-hydrogen) atoms. The van der Waals surface area contributed by atoms with E-state index in [9.17, 15) is 39.4 Å². The lowest BCUT2D eigenvalue weighted by molar-refractivity contribution is -0.385. The Morgan fingerprint density at radius 3 is 2.51 bits per heavy atom. The Balaban J connectivity index is 0.000000245. The summed E-state index contributed by atoms with van der Waals surface area (Å²) in [5, 5.41) is 49.3. The summed E-state index contributed by atoms with van der Waals surface area (Å²) in [6.07, 6.45) is 5.47. The summed E-state index contributed by atoms with van der Waals surface area (Å²) < 4.78 is 12.4. The number of phenols is 1. The lowest BCUT2D eigenvalue weighted by atomic mass is 9.44. The highest BCUT2D eigenvalue weighted by Gasteiger charge is 2.68. The van der Waals surface area contributed by atoms with Gasteiger partial charge in [-0.3, -0.25) is 19.7 Å². The zero-order valence-electron chi connectivity index (χ0n) is 21.2. The van der Waals surface area contributed by atoms with Crippen molar-refractivity contribution in [2.24, 2.45) is 34.5 Å². The number of benzene rings is 1. The summed E-state index contributed by atoms with van der Waals surface area (Å²) in [6, 6.07) is 2.63. The predicted molar refractivity (Wildman–Crippen MR) is 130 cm³/mol. The third-order valence-corrected chi connectivity index (χ3v) is 10.2. The van der Waals surface area contributed by atoms with Gasteiger partial charge in [-0.15, -0.1) is 0 Å². The third kappa shape index (κ3) is 4.36. The molecule has 0 bridgehead atoms. The number of ketones is 2. The summed E-state index contributed by atoms with van der Waals surface area (Å²) in [4.78, 5) is 35.0. The Kier molecular flexibility index (Phi) is 7.24. The van der Waals surface area contributed by atoms with Gasteiger partial charge in [0, 0.05) is 23.8 Å². The van der Waals surface area contributed by atoms with Crippen LogP contribution in [0.25, 0.3) is 0 Å². The smallest absolute Gasteiger partial charge is 0.272 e. The number of aliphatic hydroxyl groups excluding tert-OH is 2. The van der Waals surface area contributed by atoms with Crippen LogP contribution in [-0.4, -0.2) is 55.2 Å². The molecule has 0 spiro atoms. The molecule has 4 saturated carbocycles. The number of carbonyl (C=O) groups is 2. The average Bonchev–Trinajstić information content (AvgIpc) is 3.11. The fourth-order valence-electron chi connectivity index (χ4n) is 8.25. The van der Waals surface area contributed by atoms with E-state index in [2.05, 4.69) is 6.92 Å². The molecule has 5 rings (SSSR count). The molecule has 204 valence electrons. The van der Waals surface area contributed by atoms with Crippen LogP contribution in [0, 0.1) is 50.4 Å². The quantitative estimate of drug-likeness (QED) is 0.348. The number of fused-ring (bicyclic) bond motifs is 5. The highest BCUT2D eigenvalue weighted by atomic mass is 19.1. The van der Waals surface area contributed by atoms with E-state index in [1.165, 1.54) is 0 Å². The van der Waals surface area contributed by atoms with Crippen molar-refractivity contribution < 1.29 is 39.3 Å². The van der Waals surface area contributed by atoms with Gasteiger partial charge >= 0.3 is 0 Å². The molecule has 8 atom stereocenters. The summed E-state index contributed by atoms with van der Waals surface area (Å²) in [5.74, 6) is -1.19. The van der Waals surface area contributed by atoms with E-state index in [1.54, 1.807) is 0 Å². The van der Waals surface area contributed by atoms with Crippen LogP contribution in [0.4, 0.5) is 10.1 Å². The largest absolute Gasteiger partial charge is 0.505 e. The molecule has 1 aromatic carbocycles. The second-order valence-corrected chi connectivity index (χ2v) is 11.9. The van der Waals surface area contributed by atoms with Gasteiger partial charge in [0.25, 0.3) is 5.69 Å². The van der Waals surface area contributed by atoms with Gasteiger partial charge in [0.05, 0.1) is 17.1 Å². The Morgan fingerprint density at radius 1 is 1.19 bits per heavy atom. The van der Waals surface area contributed by atoms with Gasteiger partial charge in [0.15, 0.2) is 17.3 Å². The number of nitrogens with zero attached hydrogens (tertiary/aromatic N) is 1. The number of hydrogen-bond donors (Lipinski definition) is 4. The molecule has 0 amide bonds. The Bertz CT molecular complexity index is 1100. The number of hydrogen-bond acceptors (Lipinski definition) is 8. The van der Waals surface area contributed by atoms with Gasteiger partial charge in [0.2, 0.25) is 0 Å². The normalized spacial score (nSPS) is 40.5. The number of non-ortho nitro benzene ring substituents is 1. The molecular formula is C27H36FNO8. The average molecular weight is 522 g/mol. The van der Waals surface area contributed by atoms with Gasteiger partial charge in [-0.1, -0.05) is 13.8 Å². The van der Waals surface area contributed by atoms with Crippen LogP contribution in [0.3, 0.4) is 0 Å². The first-order valence-electron chi connectivity index (χ1n) is 13.0. The second-order valence-electron chi connectivity index (χ2n) is 11.9. The molecule has 4 aliphatic rings. The van der Waals surface area contributed by atoms with Crippen molar-refractivity contribution in [3.05, 3.63) is 34.1 Å². The monoisotopic (exact) mass is 521 g/mol. The van der Waals surface area contributed by atoms with Crippen molar-refractivity contribution >= 4 is 17.3 Å². The van der Waals surface area contributed by atoms with Crippen LogP contribution in [0.2, 0.25) is 0 Å². The molecule has 0 radical (unpaired) electrons. The molecule has 4 fully saturated rings. The first-order valence-corrected chi connectivity index (χ1v) is 13.0. The van der Waals surface area contributed by atoms with Crippen LogP contribution < -0.4 is 0 Å². The van der Waals surface area contributed by atoms with Gasteiger partial charge in [0.1, 0.15) is 18.0 Å². The van der Waals surface area contributed by atoms with Crippen molar-refractivity contribution in [1.82, 2.24) is 0 Å². The molecule has 4 aliphatic carbocycles. The number of aromatic hydroxyl groups is 1. The first kappa shape index (κ1) is 27.6. The topological polar surface area (TPSA) is 158 Å². The van der Waals surface area contributed by atoms with Crippen molar-refractivity contribution in [2.45, 2.75) is 76.9 Å². The molecule has 0 aliphatic heterocycles. The number of rotatable bonds is 3. The van der Waals surface area contributed by atoms with Crippen LogP contribution in [0.15, 0.2) is 18.2 Å². The first-order chi connectivity index (χ1) is 17.3. The standard InChI is InChI=1S/C21H32O5.C6H4FNO3/c1-19-7-5-13(23)9-12(19)3-4-14-15-6-8-21(26,17(25)11-22)20(15,2)10-16(24)18(14)19;7-5-3-4(8(10)11)1-2-6(5)9/h12-15,18,22-23,26H,3-11H2,1-2H3;1-3,9H/t12-,13-,14+,15+,18-,19+,20+,21+;/m1./s1. The maximum Gasteiger partial charge on any atom is 0.272 e. The Labute approximate surface area is 214 Å². The van der Waals surface area contributed by atoms with Crippen LogP contribution in [0.5, 0.6) is 5.75 Å². The number of nitro benzene ring substituents is 1. The van der Waals surface area contributed by atoms with E-state index >= 15 is 0 Å². The van der Waals surface area contributed by atoms with Crippen molar-refractivity contribution in [3.63, 3.8) is 0 Å². The lowest BCUT2D eigenvalue weighted by Crippen LogP contribution is -2.62. The number of aliphatic hydroxyl groups is 3. The van der Waals surface area contributed by atoms with E-state index in [0.717, 1.165) is 50.7 Å². The molecule has 0 aromatic heterocycles. The second kappa shape index (κ2) is 9.71. The fraction of sp³-hybridized carbons (Fsp3) is 0.704. The highest BCUT2D eigenvalue weighted by Crippen LogP contribution is 2.67. The van der Waals surface area contributed by atoms with Gasteiger partial charge in [-0.25, -0.2) is 4.39 Å². The highest BCUT2D eigenvalue weighted by molar-refractivity contribution is 5.92. The minimum atomic E-state index is -1.58. The number of halogens is 1. The molecule has 10 heteroatoms. The lowest BCUT2D eigenvalue weighted by Gasteiger charge is -2.60. The van der Waals surface area contributed by atoms with Crippen molar-refractivity contribution in [3.8, 4) is 5.75 Å². The SMILES string of the molecule is C[C@]12CC[C@@H](O)C[C@H]1CC[C@@H]1[C@@H]2C(=O)C[C@@]2(C)[C@H]1CC[C@]2(O)C(=O)CO.O=[N+]([O-])c1ccc(O)c(F)c1. The number of Topliss-reactive ketones (excluding diaryl/α,β-unsaturated/α-hetero) is 2. The van der Waals surface area contributed by atoms with Crippen LogP contribution in [0.1, 0.15) is 65.2 Å². The van der Waals surface area contributed by atoms with Crippen LogP contribution >= 0.6 is 0 Å². The summed E-state index contributed by atoms with van der Waals surface area (Å²) in [5.41, 5.74) is -2.78. The zero-order chi connectivity index (χ0) is 27.3. The summed E-state index contributed by atoms with van der Waals surface area (Å²) >= 11 is 0. The van der Waals surface area contributed by atoms with E-state index in [-0.39, 0.29) is 47.2 Å². The summed E-state index contributed by atoms with van der Waals surface area (Å²) in [7, 11) is 0. The molecule has 4 N–H and O–H groups in total. The maximum absolute atomic E-state index is 13.4. The molecule has 1 aromatic rings. The Morgan fingerprint density at radius 2 is 1.89 bits per heavy atom. The predicted octanol–water partition coefficient (Wildman–Crippen LogP) is 3.30. The van der Waals surface area contributed by atoms with Gasteiger partial charge in [-0.2, -0.15) is 0 Å². The summed E-state index contributed by atoms with van der Waals surface area (Å²) in [6.45, 7) is 3.46. The van der Waals surface area contributed by atoms with Gasteiger partial charge < -0.3 is 20.4 Å². The fourth-order valence-corrected chi connectivity index (χ4v) is 8.25. The van der Waals surface area contributed by atoms with Crippen molar-refractivity contribution in [1.29, 1.82) is 0 Å². The van der Waals surface area contributed by atoms with Crippen LogP contribution in [-0.2, 0) is 9.59 Å². The van der Waals surface area contributed by atoms with E-state index in [4.69, 9.17) is 5.11 Å². The number of phenolic OH excluding ortho intramolecular Hbond substituents is 1. The molecular weight excluding hydrogens is 485 g/mol. The Hall–Kier alpha value is -2.43. The number of nitro groups is 1. The minimum absolute atomic E-state index is 0.0154. The third-order valence-electron chi connectivity index (χ3n) is 10.2. The minimum Gasteiger partial charge on any atom is -0.505 e. The molecule has 0 unspecified atom stereocenters.